The number of methoxy groups -OCH3 is 1. The summed E-state index contributed by atoms with van der Waals surface area (Å²) in [5, 5.41) is 2.90. The molecule has 2 aromatic carbocycles. The fourth-order valence-electron chi connectivity index (χ4n) is 2.76. The topological polar surface area (TPSA) is 67.9 Å². The highest BCUT2D eigenvalue weighted by Gasteiger charge is 2.27. The van der Waals surface area contributed by atoms with Crippen LogP contribution >= 0.6 is 0 Å². The molecule has 0 unspecified atom stereocenters. The van der Waals surface area contributed by atoms with E-state index in [1.54, 1.807) is 38.3 Å². The number of amides is 2. The highest BCUT2D eigenvalue weighted by Crippen LogP contribution is 2.17. The predicted molar refractivity (Wildman–Crippen MR) is 113 cm³/mol. The van der Waals surface area contributed by atoms with Crippen LogP contribution < -0.4 is 14.8 Å². The predicted octanol–water partition coefficient (Wildman–Crippen LogP) is 3.55. The third-order valence-corrected chi connectivity index (χ3v) is 4.87. The van der Waals surface area contributed by atoms with Gasteiger partial charge in [-0.05, 0) is 50.1 Å². The first kappa shape index (κ1) is 23.2. The minimum atomic E-state index is -0.724. The van der Waals surface area contributed by atoms with E-state index in [4.69, 9.17) is 9.47 Å². The zero-order chi connectivity index (χ0) is 22.1. The highest BCUT2D eigenvalue weighted by molar-refractivity contribution is 5.88. The third-order valence-electron chi connectivity index (χ3n) is 4.87. The van der Waals surface area contributed by atoms with E-state index in [9.17, 15) is 14.0 Å². The standard InChI is InChI=1S/C23H29FN2O4/c1-5-16(2)25-23(28)17(3)26(14-18-10-12-19(29-4)13-11-18)22(27)15-30-21-9-7-6-8-20(21)24/h6-13,16-17H,5,14-15H2,1-4H3,(H,25,28)/t16-,17+/m1/s1. The Kier molecular flexibility index (Phi) is 8.65. The molecule has 0 heterocycles. The van der Waals surface area contributed by atoms with Gasteiger partial charge in [-0.1, -0.05) is 31.2 Å². The number of carbonyl (C=O) groups excluding carboxylic acids is 2. The van der Waals surface area contributed by atoms with Gasteiger partial charge in [0, 0.05) is 12.6 Å². The van der Waals surface area contributed by atoms with E-state index in [0.717, 1.165) is 12.0 Å². The molecule has 6 nitrogen and oxygen atoms in total. The van der Waals surface area contributed by atoms with E-state index in [1.807, 2.05) is 26.0 Å². The second kappa shape index (κ2) is 11.2. The molecule has 0 aliphatic rings. The number of halogens is 1. The molecule has 1 N–H and O–H groups in total. The first-order chi connectivity index (χ1) is 14.3. The van der Waals surface area contributed by atoms with E-state index in [0.29, 0.717) is 5.75 Å². The van der Waals surface area contributed by atoms with Crippen LogP contribution in [0.15, 0.2) is 48.5 Å². The molecule has 0 fully saturated rings. The number of para-hydroxylation sites is 1. The van der Waals surface area contributed by atoms with Gasteiger partial charge in [0.15, 0.2) is 18.2 Å². The van der Waals surface area contributed by atoms with Gasteiger partial charge in [0.05, 0.1) is 7.11 Å². The van der Waals surface area contributed by atoms with Gasteiger partial charge in [0.25, 0.3) is 5.91 Å². The molecule has 0 radical (unpaired) electrons. The van der Waals surface area contributed by atoms with Crippen molar-refractivity contribution in [3.8, 4) is 11.5 Å². The number of hydrogen-bond acceptors (Lipinski definition) is 4. The SMILES string of the molecule is CC[C@@H](C)NC(=O)[C@H](C)N(Cc1ccc(OC)cc1)C(=O)COc1ccccc1F. The Morgan fingerprint density at radius 1 is 1.10 bits per heavy atom. The fraction of sp³-hybridized carbons (Fsp3) is 0.391. The molecular weight excluding hydrogens is 387 g/mol. The van der Waals surface area contributed by atoms with Crippen LogP contribution in [0.4, 0.5) is 4.39 Å². The minimum absolute atomic E-state index is 0.00690. The molecule has 0 spiro atoms. The summed E-state index contributed by atoms with van der Waals surface area (Å²) >= 11 is 0. The average molecular weight is 416 g/mol. The summed E-state index contributed by atoms with van der Waals surface area (Å²) in [4.78, 5) is 27.0. The summed E-state index contributed by atoms with van der Waals surface area (Å²) in [6, 6.07) is 12.4. The lowest BCUT2D eigenvalue weighted by Crippen LogP contribution is -2.50. The lowest BCUT2D eigenvalue weighted by Gasteiger charge is -2.29. The van der Waals surface area contributed by atoms with Gasteiger partial charge in [0.2, 0.25) is 5.91 Å². The van der Waals surface area contributed by atoms with E-state index >= 15 is 0 Å². The number of hydrogen-bond donors (Lipinski definition) is 1. The maximum atomic E-state index is 13.8. The molecule has 0 saturated heterocycles. The Bertz CT molecular complexity index is 841. The van der Waals surface area contributed by atoms with E-state index in [1.165, 1.54) is 17.0 Å². The van der Waals surface area contributed by atoms with Gasteiger partial charge < -0.3 is 19.7 Å². The summed E-state index contributed by atoms with van der Waals surface area (Å²) in [5.74, 6) is -0.526. The number of nitrogens with zero attached hydrogens (tertiary/aromatic N) is 1. The summed E-state index contributed by atoms with van der Waals surface area (Å²) in [6.45, 7) is 5.37. The van der Waals surface area contributed by atoms with Crippen LogP contribution in [0.2, 0.25) is 0 Å². The summed E-state index contributed by atoms with van der Waals surface area (Å²) < 4.78 is 24.3. The Hall–Kier alpha value is -3.09. The Morgan fingerprint density at radius 2 is 1.77 bits per heavy atom. The second-order valence-electron chi connectivity index (χ2n) is 7.08. The number of rotatable bonds is 10. The molecule has 2 atom stereocenters. The number of benzene rings is 2. The molecular formula is C23H29FN2O4. The van der Waals surface area contributed by atoms with Crippen molar-refractivity contribution in [3.63, 3.8) is 0 Å². The van der Waals surface area contributed by atoms with Crippen LogP contribution in [0, 0.1) is 5.82 Å². The molecule has 0 aliphatic heterocycles. The van der Waals surface area contributed by atoms with Crippen LogP contribution in [0.3, 0.4) is 0 Å². The largest absolute Gasteiger partial charge is 0.497 e. The smallest absolute Gasteiger partial charge is 0.261 e. The Morgan fingerprint density at radius 3 is 2.37 bits per heavy atom. The summed E-state index contributed by atoms with van der Waals surface area (Å²) in [5.41, 5.74) is 0.832. The van der Waals surface area contributed by atoms with Gasteiger partial charge in [-0.2, -0.15) is 0 Å². The van der Waals surface area contributed by atoms with Gasteiger partial charge in [0.1, 0.15) is 11.8 Å². The second-order valence-corrected chi connectivity index (χ2v) is 7.08. The average Bonchev–Trinajstić information content (AvgIpc) is 2.76. The van der Waals surface area contributed by atoms with Gasteiger partial charge >= 0.3 is 0 Å². The van der Waals surface area contributed by atoms with Crippen molar-refractivity contribution >= 4 is 11.8 Å². The number of ether oxygens (including phenoxy) is 2. The number of nitrogens with one attached hydrogen (secondary N) is 1. The maximum Gasteiger partial charge on any atom is 0.261 e. The number of carbonyl (C=O) groups is 2. The normalized spacial score (nSPS) is 12.6. The molecule has 162 valence electrons. The molecule has 0 aliphatic carbocycles. The lowest BCUT2D eigenvalue weighted by molar-refractivity contribution is -0.142. The molecule has 0 saturated carbocycles. The molecule has 2 aromatic rings. The quantitative estimate of drug-likeness (QED) is 0.643. The van der Waals surface area contributed by atoms with Gasteiger partial charge in [-0.15, -0.1) is 0 Å². The molecule has 30 heavy (non-hydrogen) atoms. The summed E-state index contributed by atoms with van der Waals surface area (Å²) in [7, 11) is 1.58. The maximum absolute atomic E-state index is 13.8. The fourth-order valence-corrected chi connectivity index (χ4v) is 2.76. The van der Waals surface area contributed by atoms with E-state index in [-0.39, 0.29) is 30.9 Å². The molecule has 2 amide bonds. The van der Waals surface area contributed by atoms with Crippen LogP contribution in [0.5, 0.6) is 11.5 Å². The van der Waals surface area contributed by atoms with Crippen molar-refractivity contribution in [2.45, 2.75) is 45.8 Å². The van der Waals surface area contributed by atoms with Crippen molar-refractivity contribution in [1.82, 2.24) is 10.2 Å². The van der Waals surface area contributed by atoms with Crippen LogP contribution in [-0.2, 0) is 16.1 Å². The zero-order valence-corrected chi connectivity index (χ0v) is 17.9. The van der Waals surface area contributed by atoms with E-state index < -0.39 is 17.8 Å². The van der Waals surface area contributed by atoms with Crippen LogP contribution in [0.1, 0.15) is 32.8 Å². The molecule has 0 bridgehead atoms. The Labute approximate surface area is 177 Å². The van der Waals surface area contributed by atoms with Crippen LogP contribution in [0.25, 0.3) is 0 Å². The molecule has 7 heteroatoms. The molecule has 0 aromatic heterocycles. The zero-order valence-electron chi connectivity index (χ0n) is 17.9. The monoisotopic (exact) mass is 416 g/mol. The first-order valence-electron chi connectivity index (χ1n) is 9.95. The highest BCUT2D eigenvalue weighted by atomic mass is 19.1. The Balaban J connectivity index is 2.16. The summed E-state index contributed by atoms with van der Waals surface area (Å²) in [6.07, 6.45) is 0.779. The minimum Gasteiger partial charge on any atom is -0.497 e. The lowest BCUT2D eigenvalue weighted by atomic mass is 10.1. The van der Waals surface area contributed by atoms with Crippen molar-refractivity contribution in [2.75, 3.05) is 13.7 Å². The first-order valence-corrected chi connectivity index (χ1v) is 9.95. The molecule has 2 rings (SSSR count). The van der Waals surface area contributed by atoms with E-state index in [2.05, 4.69) is 5.32 Å². The third kappa shape index (κ3) is 6.47. The van der Waals surface area contributed by atoms with Crippen molar-refractivity contribution in [3.05, 3.63) is 59.9 Å². The van der Waals surface area contributed by atoms with Gasteiger partial charge in [-0.25, -0.2) is 4.39 Å². The van der Waals surface area contributed by atoms with Gasteiger partial charge in [-0.3, -0.25) is 9.59 Å². The van der Waals surface area contributed by atoms with Crippen molar-refractivity contribution in [1.29, 1.82) is 0 Å². The van der Waals surface area contributed by atoms with Crippen LogP contribution in [-0.4, -0.2) is 42.5 Å². The van der Waals surface area contributed by atoms with Crippen molar-refractivity contribution in [2.24, 2.45) is 0 Å². The van der Waals surface area contributed by atoms with Crippen molar-refractivity contribution < 1.29 is 23.5 Å².